The molecule has 0 bridgehead atoms. The van der Waals surface area contributed by atoms with Crippen LogP contribution in [-0.4, -0.2) is 43.4 Å². The van der Waals surface area contributed by atoms with Gasteiger partial charge in [0.25, 0.3) is 0 Å². The summed E-state index contributed by atoms with van der Waals surface area (Å²) in [6.07, 6.45) is 1.06. The molecule has 7 heteroatoms. The third kappa shape index (κ3) is 3.75. The minimum absolute atomic E-state index is 0.0428. The molecular weight excluding hydrogens is 349 g/mol. The van der Waals surface area contributed by atoms with Crippen LogP contribution in [0.3, 0.4) is 0 Å². The number of nitrogens with zero attached hydrogens (tertiary/aromatic N) is 1. The molecule has 0 spiro atoms. The van der Waals surface area contributed by atoms with Crippen LogP contribution in [0.25, 0.3) is 0 Å². The number of halogens is 1. The molecule has 0 unspecified atom stereocenters. The van der Waals surface area contributed by atoms with Crippen molar-refractivity contribution in [2.75, 3.05) is 26.3 Å². The van der Waals surface area contributed by atoms with Crippen LogP contribution in [0.15, 0.2) is 34.9 Å². The Bertz CT molecular complexity index is 818. The van der Waals surface area contributed by atoms with Gasteiger partial charge in [0.2, 0.25) is 5.91 Å². The van der Waals surface area contributed by atoms with E-state index in [4.69, 9.17) is 9.26 Å². The molecule has 2 aliphatic heterocycles. The van der Waals surface area contributed by atoms with Gasteiger partial charge in [-0.05, 0) is 25.0 Å². The standard InChI is InChI=1S/C20H24FN3O3/c1-13-6-16(27-24-13)7-15-9-26-10-18(15)23-19(25)20(11-22-12-20)8-14-4-2-3-5-17(14)21/h2-6,15,18,22H,7-12H2,1H3,(H,23,25)/t15-,18+/m1/s1. The van der Waals surface area contributed by atoms with E-state index in [9.17, 15) is 9.18 Å². The summed E-state index contributed by atoms with van der Waals surface area (Å²) in [5.74, 6) is 0.631. The second-order valence-corrected chi connectivity index (χ2v) is 7.67. The summed E-state index contributed by atoms with van der Waals surface area (Å²) >= 11 is 0. The number of hydrogen-bond acceptors (Lipinski definition) is 5. The van der Waals surface area contributed by atoms with E-state index in [0.717, 1.165) is 11.5 Å². The van der Waals surface area contributed by atoms with Crippen LogP contribution in [0.1, 0.15) is 17.0 Å². The van der Waals surface area contributed by atoms with Gasteiger partial charge in [0.15, 0.2) is 0 Å². The number of amides is 1. The van der Waals surface area contributed by atoms with Crippen molar-refractivity contribution in [3.05, 3.63) is 53.2 Å². The lowest BCUT2D eigenvalue weighted by Crippen LogP contribution is -2.64. The quantitative estimate of drug-likeness (QED) is 0.805. The van der Waals surface area contributed by atoms with Crippen LogP contribution < -0.4 is 10.6 Å². The van der Waals surface area contributed by atoms with Crippen LogP contribution in [0.4, 0.5) is 4.39 Å². The van der Waals surface area contributed by atoms with Gasteiger partial charge in [-0.2, -0.15) is 0 Å². The van der Waals surface area contributed by atoms with Gasteiger partial charge >= 0.3 is 0 Å². The molecular formula is C20H24FN3O3. The number of benzene rings is 1. The van der Waals surface area contributed by atoms with Gasteiger partial charge in [0.05, 0.1) is 30.4 Å². The van der Waals surface area contributed by atoms with Crippen molar-refractivity contribution in [1.82, 2.24) is 15.8 Å². The molecule has 2 atom stereocenters. The molecule has 1 aromatic carbocycles. The summed E-state index contributed by atoms with van der Waals surface area (Å²) in [5.41, 5.74) is 0.803. The number of carbonyl (C=O) groups is 1. The highest BCUT2D eigenvalue weighted by molar-refractivity contribution is 5.85. The topological polar surface area (TPSA) is 76.4 Å². The van der Waals surface area contributed by atoms with Crippen molar-refractivity contribution in [2.45, 2.75) is 25.8 Å². The van der Waals surface area contributed by atoms with Gasteiger partial charge in [-0.15, -0.1) is 0 Å². The minimum Gasteiger partial charge on any atom is -0.379 e. The predicted molar refractivity (Wildman–Crippen MR) is 96.6 cm³/mol. The lowest BCUT2D eigenvalue weighted by atomic mass is 9.75. The van der Waals surface area contributed by atoms with Gasteiger partial charge in [-0.1, -0.05) is 23.4 Å². The Balaban J connectivity index is 1.43. The van der Waals surface area contributed by atoms with E-state index >= 15 is 0 Å². The number of ether oxygens (including phenoxy) is 1. The van der Waals surface area contributed by atoms with Crippen molar-refractivity contribution in [2.24, 2.45) is 11.3 Å². The van der Waals surface area contributed by atoms with Crippen LogP contribution in [-0.2, 0) is 22.4 Å². The SMILES string of the molecule is Cc1cc(C[C@@H]2COC[C@@H]2NC(=O)C2(Cc3ccccc3F)CNC2)on1. The second-order valence-electron chi connectivity index (χ2n) is 7.67. The Morgan fingerprint density at radius 1 is 1.37 bits per heavy atom. The number of nitrogens with one attached hydrogen (secondary N) is 2. The Morgan fingerprint density at radius 3 is 2.85 bits per heavy atom. The Labute approximate surface area is 157 Å². The first-order valence-corrected chi connectivity index (χ1v) is 9.31. The lowest BCUT2D eigenvalue weighted by molar-refractivity contribution is -0.135. The molecule has 2 aliphatic rings. The Kier molecular flexibility index (Phi) is 4.97. The molecule has 3 heterocycles. The smallest absolute Gasteiger partial charge is 0.229 e. The predicted octanol–water partition coefficient (Wildman–Crippen LogP) is 1.63. The summed E-state index contributed by atoms with van der Waals surface area (Å²) in [5, 5.41) is 10.2. The van der Waals surface area contributed by atoms with Crippen LogP contribution in [0, 0.1) is 24.1 Å². The third-order valence-corrected chi connectivity index (χ3v) is 5.55. The molecule has 0 radical (unpaired) electrons. The van der Waals surface area contributed by atoms with Gasteiger partial charge in [-0.25, -0.2) is 4.39 Å². The molecule has 2 N–H and O–H groups in total. The zero-order valence-electron chi connectivity index (χ0n) is 15.3. The second kappa shape index (κ2) is 7.40. The molecule has 27 heavy (non-hydrogen) atoms. The zero-order valence-corrected chi connectivity index (χ0v) is 15.3. The minimum atomic E-state index is -0.613. The molecule has 2 aromatic rings. The fourth-order valence-corrected chi connectivity index (χ4v) is 3.85. The molecule has 1 amide bonds. The van der Waals surface area contributed by atoms with Gasteiger partial charge in [0.1, 0.15) is 11.6 Å². The number of aromatic nitrogens is 1. The van der Waals surface area contributed by atoms with E-state index in [-0.39, 0.29) is 23.7 Å². The van der Waals surface area contributed by atoms with E-state index in [1.807, 2.05) is 13.0 Å². The van der Waals surface area contributed by atoms with Crippen molar-refractivity contribution in [1.29, 1.82) is 0 Å². The first kappa shape index (κ1) is 18.1. The van der Waals surface area contributed by atoms with Crippen molar-refractivity contribution in [3.63, 3.8) is 0 Å². The Hall–Kier alpha value is -2.25. The highest BCUT2D eigenvalue weighted by Crippen LogP contribution is 2.30. The summed E-state index contributed by atoms with van der Waals surface area (Å²) in [4.78, 5) is 13.1. The maximum atomic E-state index is 14.1. The number of carbonyl (C=O) groups excluding carboxylic acids is 1. The van der Waals surface area contributed by atoms with E-state index in [1.54, 1.807) is 18.2 Å². The molecule has 4 rings (SSSR count). The summed E-state index contributed by atoms with van der Waals surface area (Å²) in [7, 11) is 0. The van der Waals surface area contributed by atoms with Crippen LogP contribution >= 0.6 is 0 Å². The van der Waals surface area contributed by atoms with E-state index < -0.39 is 5.41 Å². The average Bonchev–Trinajstić information content (AvgIpc) is 3.22. The molecule has 0 aliphatic carbocycles. The molecule has 1 aromatic heterocycles. The molecule has 2 saturated heterocycles. The van der Waals surface area contributed by atoms with Crippen molar-refractivity contribution in [3.8, 4) is 0 Å². The molecule has 144 valence electrons. The van der Waals surface area contributed by atoms with E-state index in [0.29, 0.717) is 44.7 Å². The highest BCUT2D eigenvalue weighted by Gasteiger charge is 2.46. The van der Waals surface area contributed by atoms with Gasteiger partial charge < -0.3 is 19.9 Å². The van der Waals surface area contributed by atoms with E-state index in [2.05, 4.69) is 15.8 Å². The first-order chi connectivity index (χ1) is 13.1. The zero-order chi connectivity index (χ0) is 18.9. The molecule has 2 fully saturated rings. The summed E-state index contributed by atoms with van der Waals surface area (Å²) in [6, 6.07) is 8.48. The molecule has 6 nitrogen and oxygen atoms in total. The maximum absolute atomic E-state index is 14.1. The average molecular weight is 373 g/mol. The third-order valence-electron chi connectivity index (χ3n) is 5.55. The normalized spacial score (nSPS) is 23.8. The van der Waals surface area contributed by atoms with Crippen LogP contribution in [0.5, 0.6) is 0 Å². The van der Waals surface area contributed by atoms with Gasteiger partial charge in [-0.3, -0.25) is 4.79 Å². The number of hydrogen-bond donors (Lipinski definition) is 2. The Morgan fingerprint density at radius 2 is 2.19 bits per heavy atom. The summed E-state index contributed by atoms with van der Waals surface area (Å²) in [6.45, 7) is 4.03. The van der Waals surface area contributed by atoms with Gasteiger partial charge in [0, 0.05) is 31.5 Å². The van der Waals surface area contributed by atoms with Crippen LogP contribution in [0.2, 0.25) is 0 Å². The van der Waals surface area contributed by atoms with E-state index in [1.165, 1.54) is 6.07 Å². The maximum Gasteiger partial charge on any atom is 0.229 e. The van der Waals surface area contributed by atoms with Crippen molar-refractivity contribution < 1.29 is 18.4 Å². The lowest BCUT2D eigenvalue weighted by Gasteiger charge is -2.42. The first-order valence-electron chi connectivity index (χ1n) is 9.31. The summed E-state index contributed by atoms with van der Waals surface area (Å²) < 4.78 is 25.0. The number of rotatable bonds is 6. The van der Waals surface area contributed by atoms with Crippen molar-refractivity contribution >= 4 is 5.91 Å². The number of aryl methyl sites for hydroxylation is 1. The fraction of sp³-hybridized carbons (Fsp3) is 0.500. The highest BCUT2D eigenvalue weighted by atomic mass is 19.1. The largest absolute Gasteiger partial charge is 0.379 e. The molecule has 0 saturated carbocycles. The fourth-order valence-electron chi connectivity index (χ4n) is 3.85. The monoisotopic (exact) mass is 373 g/mol.